The predicted molar refractivity (Wildman–Crippen MR) is 104 cm³/mol. The summed E-state index contributed by atoms with van der Waals surface area (Å²) in [5.41, 5.74) is 7.44. The fourth-order valence-electron chi connectivity index (χ4n) is 3.84. The Balaban J connectivity index is 1.72. The minimum absolute atomic E-state index is 0.120. The summed E-state index contributed by atoms with van der Waals surface area (Å²) in [6, 6.07) is 5.42. The van der Waals surface area contributed by atoms with Gasteiger partial charge in [-0.25, -0.2) is 8.42 Å². The number of fused-ring (bicyclic) bond motifs is 1. The molecule has 1 aromatic carbocycles. The Morgan fingerprint density at radius 2 is 2.04 bits per heavy atom. The van der Waals surface area contributed by atoms with E-state index in [1.54, 1.807) is 6.07 Å². The molecule has 1 saturated heterocycles. The molecule has 2 aliphatic heterocycles. The lowest BCUT2D eigenvalue weighted by atomic mass is 9.96. The van der Waals surface area contributed by atoms with E-state index in [4.69, 9.17) is 5.73 Å². The topological polar surface area (TPSA) is 113 Å². The van der Waals surface area contributed by atoms with Crippen molar-refractivity contribution in [3.63, 3.8) is 0 Å². The van der Waals surface area contributed by atoms with Crippen LogP contribution in [0.25, 0.3) is 0 Å². The van der Waals surface area contributed by atoms with Crippen LogP contribution < -0.4 is 15.4 Å². The molecular formula is C18H26N4O4S. The molecule has 1 unspecified atom stereocenters. The first-order valence-corrected chi connectivity index (χ1v) is 11.0. The van der Waals surface area contributed by atoms with Crippen LogP contribution in [0.1, 0.15) is 24.8 Å². The summed E-state index contributed by atoms with van der Waals surface area (Å²) >= 11 is 0. The van der Waals surface area contributed by atoms with Crippen molar-refractivity contribution in [3.05, 3.63) is 23.8 Å². The van der Waals surface area contributed by atoms with E-state index in [-0.39, 0.29) is 18.4 Å². The van der Waals surface area contributed by atoms with Gasteiger partial charge in [-0.2, -0.15) is 0 Å². The molecule has 0 spiro atoms. The fraction of sp³-hybridized carbons (Fsp3) is 0.556. The second-order valence-corrected chi connectivity index (χ2v) is 9.22. The first-order chi connectivity index (χ1) is 12.7. The van der Waals surface area contributed by atoms with Gasteiger partial charge in [0.15, 0.2) is 0 Å². The number of carbonyl (C=O) groups is 2. The average Bonchev–Trinajstić information content (AvgIpc) is 2.60. The maximum Gasteiger partial charge on any atom is 0.232 e. The average molecular weight is 394 g/mol. The highest BCUT2D eigenvalue weighted by molar-refractivity contribution is 7.92. The summed E-state index contributed by atoms with van der Waals surface area (Å²) < 4.78 is 25.5. The molecule has 0 saturated carbocycles. The van der Waals surface area contributed by atoms with E-state index >= 15 is 0 Å². The summed E-state index contributed by atoms with van der Waals surface area (Å²) in [4.78, 5) is 25.7. The van der Waals surface area contributed by atoms with Gasteiger partial charge >= 0.3 is 0 Å². The van der Waals surface area contributed by atoms with Crippen molar-refractivity contribution in [2.75, 3.05) is 42.1 Å². The molecule has 27 heavy (non-hydrogen) atoms. The molecule has 1 aromatic rings. The van der Waals surface area contributed by atoms with E-state index in [2.05, 4.69) is 5.32 Å². The Morgan fingerprint density at radius 3 is 2.74 bits per heavy atom. The molecule has 9 heteroatoms. The summed E-state index contributed by atoms with van der Waals surface area (Å²) in [5.74, 6) is -0.738. The third-order valence-corrected chi connectivity index (χ3v) is 6.26. The van der Waals surface area contributed by atoms with Gasteiger partial charge in [0.25, 0.3) is 0 Å². The van der Waals surface area contributed by atoms with Crippen LogP contribution in [-0.4, -0.2) is 57.6 Å². The Bertz CT molecular complexity index is 840. The minimum Gasteiger partial charge on any atom is -0.369 e. The number of nitrogens with two attached hydrogens (primary N) is 1. The van der Waals surface area contributed by atoms with Crippen LogP contribution in [0.3, 0.4) is 0 Å². The van der Waals surface area contributed by atoms with Gasteiger partial charge in [0.2, 0.25) is 21.8 Å². The number of benzene rings is 1. The number of aryl methyl sites for hydroxylation is 1. The number of piperidine rings is 1. The first kappa shape index (κ1) is 19.6. The van der Waals surface area contributed by atoms with Crippen molar-refractivity contribution in [2.24, 2.45) is 11.7 Å². The zero-order chi connectivity index (χ0) is 19.6. The molecule has 8 nitrogen and oxygen atoms in total. The number of anilines is 2. The summed E-state index contributed by atoms with van der Waals surface area (Å²) in [5, 5.41) is 2.90. The lowest BCUT2D eigenvalue weighted by Crippen LogP contribution is -2.44. The zero-order valence-corrected chi connectivity index (χ0v) is 16.3. The monoisotopic (exact) mass is 394 g/mol. The van der Waals surface area contributed by atoms with Gasteiger partial charge in [-0.05, 0) is 49.9 Å². The van der Waals surface area contributed by atoms with Crippen LogP contribution >= 0.6 is 0 Å². The van der Waals surface area contributed by atoms with Crippen molar-refractivity contribution in [1.29, 1.82) is 0 Å². The van der Waals surface area contributed by atoms with Crippen LogP contribution in [0, 0.1) is 5.92 Å². The SMILES string of the molecule is CS(=O)(=O)N1CCCc2ccc(NC(=O)C3CCCN(CC(N)=O)C3)cc21. The molecule has 3 rings (SSSR count). The quantitative estimate of drug-likeness (QED) is 0.757. The molecule has 0 radical (unpaired) electrons. The van der Waals surface area contributed by atoms with Crippen molar-refractivity contribution >= 4 is 33.2 Å². The predicted octanol–water partition coefficient (Wildman–Crippen LogP) is 0.535. The Hall–Kier alpha value is -2.13. The number of likely N-dealkylation sites (tertiary alicyclic amines) is 1. The highest BCUT2D eigenvalue weighted by Gasteiger charge is 2.28. The lowest BCUT2D eigenvalue weighted by Gasteiger charge is -2.31. The van der Waals surface area contributed by atoms with Gasteiger partial charge in [0.05, 0.1) is 24.4 Å². The minimum atomic E-state index is -3.35. The smallest absolute Gasteiger partial charge is 0.232 e. The number of sulfonamides is 1. The third-order valence-electron chi connectivity index (χ3n) is 5.08. The lowest BCUT2D eigenvalue weighted by molar-refractivity contribution is -0.124. The number of carbonyl (C=O) groups excluding carboxylic acids is 2. The maximum absolute atomic E-state index is 12.7. The molecule has 2 aliphatic rings. The second kappa shape index (κ2) is 7.85. The van der Waals surface area contributed by atoms with E-state index < -0.39 is 15.9 Å². The van der Waals surface area contributed by atoms with Gasteiger partial charge in [0, 0.05) is 18.8 Å². The maximum atomic E-state index is 12.7. The van der Waals surface area contributed by atoms with Crippen LogP contribution in [0.15, 0.2) is 18.2 Å². The summed E-state index contributed by atoms with van der Waals surface area (Å²) in [6.45, 7) is 1.87. The molecule has 3 N–H and O–H groups in total. The Labute approximate surface area is 159 Å². The molecule has 1 fully saturated rings. The molecule has 0 aromatic heterocycles. The number of rotatable bonds is 5. The van der Waals surface area contributed by atoms with Gasteiger partial charge < -0.3 is 11.1 Å². The van der Waals surface area contributed by atoms with Gasteiger partial charge in [-0.15, -0.1) is 0 Å². The van der Waals surface area contributed by atoms with Crippen molar-refractivity contribution in [3.8, 4) is 0 Å². The second-order valence-electron chi connectivity index (χ2n) is 7.31. The molecule has 148 valence electrons. The van der Waals surface area contributed by atoms with Crippen LogP contribution in [-0.2, 0) is 26.0 Å². The van der Waals surface area contributed by atoms with Gasteiger partial charge in [0.1, 0.15) is 0 Å². The van der Waals surface area contributed by atoms with E-state index in [9.17, 15) is 18.0 Å². The number of amides is 2. The van der Waals surface area contributed by atoms with Gasteiger partial charge in [-0.3, -0.25) is 18.8 Å². The highest BCUT2D eigenvalue weighted by atomic mass is 32.2. The van der Waals surface area contributed by atoms with Crippen LogP contribution in [0.4, 0.5) is 11.4 Å². The summed E-state index contributed by atoms with van der Waals surface area (Å²) in [7, 11) is -3.35. The first-order valence-electron chi connectivity index (χ1n) is 9.16. The molecule has 1 atom stereocenters. The van der Waals surface area contributed by atoms with Crippen LogP contribution in [0.2, 0.25) is 0 Å². The van der Waals surface area contributed by atoms with E-state index in [1.165, 1.54) is 10.6 Å². The fourth-order valence-corrected chi connectivity index (χ4v) is 4.83. The number of hydrogen-bond donors (Lipinski definition) is 2. The van der Waals surface area contributed by atoms with Crippen molar-refractivity contribution in [2.45, 2.75) is 25.7 Å². The van der Waals surface area contributed by atoms with Crippen molar-refractivity contribution < 1.29 is 18.0 Å². The Morgan fingerprint density at radius 1 is 1.26 bits per heavy atom. The van der Waals surface area contributed by atoms with Crippen LogP contribution in [0.5, 0.6) is 0 Å². The number of nitrogens with one attached hydrogen (secondary N) is 1. The van der Waals surface area contributed by atoms with Gasteiger partial charge in [-0.1, -0.05) is 6.07 Å². The zero-order valence-electron chi connectivity index (χ0n) is 15.5. The molecular weight excluding hydrogens is 368 g/mol. The largest absolute Gasteiger partial charge is 0.369 e. The molecule has 2 heterocycles. The van der Waals surface area contributed by atoms with E-state index in [0.717, 1.165) is 37.8 Å². The van der Waals surface area contributed by atoms with Crippen molar-refractivity contribution in [1.82, 2.24) is 4.90 Å². The standard InChI is InChI=1S/C18H26N4O4S/c1-27(25,26)22-9-3-4-13-6-7-15(10-16(13)22)20-18(24)14-5-2-8-21(11-14)12-17(19)23/h6-7,10,14H,2-5,8-9,11-12H2,1H3,(H2,19,23)(H,20,24). The molecule has 0 bridgehead atoms. The molecule has 0 aliphatic carbocycles. The van der Waals surface area contributed by atoms with E-state index in [1.807, 2.05) is 17.0 Å². The highest BCUT2D eigenvalue weighted by Crippen LogP contribution is 2.32. The van der Waals surface area contributed by atoms with E-state index in [0.29, 0.717) is 24.5 Å². The normalized spacial score (nSPS) is 20.8. The third kappa shape index (κ3) is 4.78. The number of nitrogens with zero attached hydrogens (tertiary/aromatic N) is 2. The Kier molecular flexibility index (Phi) is 5.71. The molecule has 2 amide bonds. The number of hydrogen-bond acceptors (Lipinski definition) is 5. The summed E-state index contributed by atoms with van der Waals surface area (Å²) in [6.07, 6.45) is 4.38. The number of primary amides is 1.